The molecule has 2 aliphatic heterocycles. The minimum atomic E-state index is -0.411. The highest BCUT2D eigenvalue weighted by molar-refractivity contribution is 6.89. The van der Waals surface area contributed by atoms with Gasteiger partial charge in [0.2, 0.25) is 0 Å². The van der Waals surface area contributed by atoms with E-state index in [1.807, 2.05) is 4.57 Å². The van der Waals surface area contributed by atoms with Gasteiger partial charge in [0.25, 0.3) is 0 Å². The van der Waals surface area contributed by atoms with E-state index in [0.29, 0.717) is 0 Å². The Labute approximate surface area is 441 Å². The number of anilines is 3. The number of fused-ring (bicyclic) bond motifs is 13. The maximum atomic E-state index is 9.40. The molecule has 7 aromatic carbocycles. The van der Waals surface area contributed by atoms with Gasteiger partial charge in [-0.15, -0.1) is 0 Å². The highest BCUT2D eigenvalue weighted by Gasteiger charge is 2.48. The molecule has 5 heteroatoms. The highest BCUT2D eigenvalue weighted by atomic mass is 16.3. The molecular formula is C68H74BN3O. The van der Waals surface area contributed by atoms with Crippen LogP contribution in [-0.2, 0) is 32.5 Å². The Balaban J connectivity index is 1.33. The first kappa shape index (κ1) is 42.0. The van der Waals surface area contributed by atoms with Crippen LogP contribution in [0.25, 0.3) is 71.4 Å². The van der Waals surface area contributed by atoms with Gasteiger partial charge < -0.3 is 18.4 Å². The van der Waals surface area contributed by atoms with Crippen LogP contribution < -0.4 is 16.0 Å². The summed E-state index contributed by atoms with van der Waals surface area (Å²) in [6, 6.07) is 33.0. The molecule has 0 atom stereocenters. The standard InChI is InChI=1S/C68H74BN3O/c1-63(2,3)39-24-27-45(28-25-39)71-55-38-43(67(13,14)15)33-46-47-34-41(65(7,8)9)35-49-57-54(31-30-53-56(57)48-32-40(64(4,5)6)26-29-52(48)70(53)44-22-20-19-21-23-44)72(59(47)49)69(58(46)55)62-60(71)50-36-42(66(10,11)12)37-51(61(50)73-62)68(16,17)18/h19-38H,1-18H3/i19D,20D,21D,22D,23D. The van der Waals surface area contributed by atoms with Gasteiger partial charge in [-0.2, -0.15) is 0 Å². The molecule has 0 fully saturated rings. The highest BCUT2D eigenvalue weighted by Crippen LogP contribution is 2.53. The summed E-state index contributed by atoms with van der Waals surface area (Å²) < 4.78 is 57.5. The molecule has 3 aromatic heterocycles. The predicted octanol–water partition coefficient (Wildman–Crippen LogP) is 17.8. The van der Waals surface area contributed by atoms with Crippen LogP contribution in [0.3, 0.4) is 0 Å². The third-order valence-corrected chi connectivity index (χ3v) is 16.2. The van der Waals surface area contributed by atoms with Gasteiger partial charge in [-0.25, -0.2) is 0 Å². The summed E-state index contributed by atoms with van der Waals surface area (Å²) in [6.45, 7) is 40.8. The second-order valence-corrected chi connectivity index (χ2v) is 27.6. The Morgan fingerprint density at radius 1 is 0.452 bits per heavy atom. The minimum absolute atomic E-state index is 0.0381. The van der Waals surface area contributed by atoms with E-state index in [-0.39, 0.29) is 62.3 Å². The lowest BCUT2D eigenvalue weighted by atomic mass is 9.47. The summed E-state index contributed by atoms with van der Waals surface area (Å²) >= 11 is 0. The Hall–Kier alpha value is -6.46. The van der Waals surface area contributed by atoms with Gasteiger partial charge in [0.1, 0.15) is 11.2 Å². The van der Waals surface area contributed by atoms with E-state index in [9.17, 15) is 2.74 Å². The van der Waals surface area contributed by atoms with Crippen LogP contribution in [-0.4, -0.2) is 15.9 Å². The number of benzene rings is 7. The minimum Gasteiger partial charge on any atom is -0.466 e. The number of furan rings is 1. The van der Waals surface area contributed by atoms with Gasteiger partial charge in [-0.05, 0) is 144 Å². The van der Waals surface area contributed by atoms with E-state index in [2.05, 4.69) is 225 Å². The number of hydrogen-bond acceptors (Lipinski definition) is 2. The van der Waals surface area contributed by atoms with Crippen molar-refractivity contribution in [2.24, 2.45) is 0 Å². The Bertz CT molecular complexity index is 4230. The lowest BCUT2D eigenvalue weighted by molar-refractivity contribution is 0.557. The summed E-state index contributed by atoms with van der Waals surface area (Å²) in [5.41, 5.74) is 18.6. The van der Waals surface area contributed by atoms with Crippen LogP contribution in [0.2, 0.25) is 0 Å². The first-order chi connectivity index (χ1) is 36.1. The van der Waals surface area contributed by atoms with Crippen molar-refractivity contribution in [3.8, 4) is 16.8 Å². The first-order valence-corrected chi connectivity index (χ1v) is 26.5. The molecule has 0 radical (unpaired) electrons. The van der Waals surface area contributed by atoms with Crippen LogP contribution in [0.4, 0.5) is 17.1 Å². The quantitative estimate of drug-likeness (QED) is 0.161. The summed E-state index contributed by atoms with van der Waals surface area (Å²) in [5.74, 6) is 0. The zero-order valence-electron chi connectivity index (χ0n) is 51.5. The van der Waals surface area contributed by atoms with Crippen molar-refractivity contribution in [2.75, 3.05) is 4.90 Å². The second-order valence-electron chi connectivity index (χ2n) is 27.6. The Morgan fingerprint density at radius 3 is 1.59 bits per heavy atom. The summed E-state index contributed by atoms with van der Waals surface area (Å²) in [5, 5.41) is 5.21. The van der Waals surface area contributed by atoms with E-state index >= 15 is 0 Å². The Kier molecular flexibility index (Phi) is 8.67. The molecule has 73 heavy (non-hydrogen) atoms. The smallest absolute Gasteiger partial charge is 0.375 e. The predicted molar refractivity (Wildman–Crippen MR) is 316 cm³/mol. The van der Waals surface area contributed by atoms with E-state index in [0.717, 1.165) is 88.4 Å². The van der Waals surface area contributed by atoms with Crippen molar-refractivity contribution in [3.05, 3.63) is 155 Å². The van der Waals surface area contributed by atoms with E-state index in [4.69, 9.17) is 8.53 Å². The average molecular weight is 965 g/mol. The van der Waals surface area contributed by atoms with Gasteiger partial charge in [0, 0.05) is 66.2 Å². The monoisotopic (exact) mass is 965 g/mol. The van der Waals surface area contributed by atoms with E-state index in [1.54, 1.807) is 0 Å². The summed E-state index contributed by atoms with van der Waals surface area (Å²) in [4.78, 5) is 2.53. The lowest BCUT2D eigenvalue weighted by Gasteiger charge is -2.40. The van der Waals surface area contributed by atoms with Crippen molar-refractivity contribution in [1.82, 2.24) is 9.05 Å². The van der Waals surface area contributed by atoms with Gasteiger partial charge in [-0.3, -0.25) is 0 Å². The van der Waals surface area contributed by atoms with Crippen LogP contribution in [0.5, 0.6) is 0 Å². The zero-order valence-corrected chi connectivity index (χ0v) is 46.5. The van der Waals surface area contributed by atoms with Crippen molar-refractivity contribution in [2.45, 2.75) is 157 Å². The number of aromatic nitrogens is 2. The maximum Gasteiger partial charge on any atom is 0.375 e. The molecule has 4 nitrogen and oxygen atoms in total. The number of nitrogens with zero attached hydrogens (tertiary/aromatic N) is 3. The zero-order chi connectivity index (χ0) is 56.4. The van der Waals surface area contributed by atoms with Crippen molar-refractivity contribution >= 4 is 89.6 Å². The largest absolute Gasteiger partial charge is 0.466 e. The number of para-hydroxylation sites is 1. The van der Waals surface area contributed by atoms with Crippen LogP contribution in [0.1, 0.15) is 165 Å². The average Bonchev–Trinajstić information content (AvgIpc) is 4.15. The lowest BCUT2D eigenvalue weighted by Crippen LogP contribution is -2.56. The third kappa shape index (κ3) is 7.07. The van der Waals surface area contributed by atoms with E-state index < -0.39 is 12.9 Å². The Morgan fingerprint density at radius 2 is 0.973 bits per heavy atom. The van der Waals surface area contributed by atoms with Gasteiger partial charge in [0.15, 0.2) is 0 Å². The molecule has 0 amide bonds. The fraction of sp³-hybridized carbons (Fsp3) is 0.353. The molecule has 0 N–H and O–H groups in total. The molecular weight excluding hydrogens is 886 g/mol. The SMILES string of the molecule is [2H]c1c([2H])c([2H])c(-n2c3ccc(C(C)(C)C)cc3c3c4c5cc(C(C)(C)C)cc6c5n(c4ccc32)B2c3oc4c(C(C)(C)C)cc(C(C)(C)C)cc4c3N(c3ccc(C(C)(C)C)cc3)c3cc(C(C)(C)C)cc-6c32)c([2H])c1[2H]. The molecule has 0 saturated heterocycles. The fourth-order valence-corrected chi connectivity index (χ4v) is 12.0. The van der Waals surface area contributed by atoms with Gasteiger partial charge in [-0.1, -0.05) is 173 Å². The second kappa shape index (κ2) is 15.1. The molecule has 5 heterocycles. The first-order valence-electron chi connectivity index (χ1n) is 29.0. The molecule has 12 rings (SSSR count). The summed E-state index contributed by atoms with van der Waals surface area (Å²) in [6.07, 6.45) is 0. The molecule has 10 aromatic rings. The number of hydrogen-bond donors (Lipinski definition) is 0. The van der Waals surface area contributed by atoms with Gasteiger partial charge >= 0.3 is 6.85 Å². The van der Waals surface area contributed by atoms with Crippen LogP contribution in [0, 0.1) is 0 Å². The number of rotatable bonds is 2. The maximum absolute atomic E-state index is 9.40. The van der Waals surface area contributed by atoms with Crippen molar-refractivity contribution < 1.29 is 11.3 Å². The molecule has 0 aliphatic carbocycles. The van der Waals surface area contributed by atoms with E-state index in [1.165, 1.54) is 38.8 Å². The topological polar surface area (TPSA) is 26.2 Å². The fourth-order valence-electron chi connectivity index (χ4n) is 12.0. The van der Waals surface area contributed by atoms with Crippen molar-refractivity contribution in [1.29, 1.82) is 0 Å². The summed E-state index contributed by atoms with van der Waals surface area (Å²) in [7, 11) is 0. The molecule has 0 saturated carbocycles. The molecule has 0 bridgehead atoms. The third-order valence-electron chi connectivity index (χ3n) is 16.2. The van der Waals surface area contributed by atoms with Crippen LogP contribution >= 0.6 is 0 Å². The van der Waals surface area contributed by atoms with Crippen LogP contribution in [0.15, 0.2) is 126 Å². The normalized spacial score (nSPS) is 15.3. The van der Waals surface area contributed by atoms with Gasteiger partial charge in [0.05, 0.1) is 23.6 Å². The van der Waals surface area contributed by atoms with Crippen molar-refractivity contribution in [3.63, 3.8) is 0 Å². The molecule has 0 unspecified atom stereocenters. The molecule has 370 valence electrons. The molecule has 2 aliphatic rings. The molecule has 0 spiro atoms.